The molecule has 1 rings (SSSR count). The van der Waals surface area contributed by atoms with Crippen LogP contribution in [0.3, 0.4) is 0 Å². The molecule has 0 radical (unpaired) electrons. The van der Waals surface area contributed by atoms with Crippen LogP contribution in [0.25, 0.3) is 0 Å². The van der Waals surface area contributed by atoms with E-state index >= 15 is 0 Å². The lowest BCUT2D eigenvalue weighted by Crippen LogP contribution is -2.36. The second kappa shape index (κ2) is 11.3. The van der Waals surface area contributed by atoms with E-state index in [-0.39, 0.29) is 42.8 Å². The highest BCUT2D eigenvalue weighted by Crippen LogP contribution is 2.20. The molecule has 150 valence electrons. The number of carboxylic acid groups (broad SMARTS) is 1. The fourth-order valence-electron chi connectivity index (χ4n) is 2.99. The molecule has 0 unspecified atom stereocenters. The summed E-state index contributed by atoms with van der Waals surface area (Å²) in [5.41, 5.74) is 0. The Hall–Kier alpha value is -1.41. The highest BCUT2D eigenvalue weighted by molar-refractivity contribution is 7.91. The Labute approximate surface area is 156 Å². The van der Waals surface area contributed by atoms with E-state index in [0.717, 1.165) is 19.3 Å². The van der Waals surface area contributed by atoms with Gasteiger partial charge in [0, 0.05) is 19.4 Å². The lowest BCUT2D eigenvalue weighted by Gasteiger charge is -2.22. The number of rotatable bonds is 13. The highest BCUT2D eigenvalue weighted by Gasteiger charge is 2.30. The molecule has 1 amide bonds. The molecule has 0 aliphatic carbocycles. The number of aliphatic hydroxyl groups is 1. The van der Waals surface area contributed by atoms with Crippen LogP contribution in [0, 0.1) is 0 Å². The minimum atomic E-state index is -3.39. The van der Waals surface area contributed by atoms with Gasteiger partial charge < -0.3 is 15.1 Å². The number of aliphatic hydroxyl groups excluding tert-OH is 1. The van der Waals surface area contributed by atoms with Crippen molar-refractivity contribution in [1.29, 1.82) is 0 Å². The lowest BCUT2D eigenvalue weighted by atomic mass is 10.1. The first-order valence-electron chi connectivity index (χ1n) is 9.33. The topological polar surface area (TPSA) is 112 Å². The van der Waals surface area contributed by atoms with Gasteiger partial charge in [0.2, 0.25) is 5.91 Å². The molecule has 2 N–H and O–H groups in total. The van der Waals surface area contributed by atoms with Gasteiger partial charge in [0.15, 0.2) is 9.84 Å². The van der Waals surface area contributed by atoms with Crippen molar-refractivity contribution < 1.29 is 28.2 Å². The van der Waals surface area contributed by atoms with Crippen molar-refractivity contribution in [3.8, 4) is 0 Å². The van der Waals surface area contributed by atoms with Crippen LogP contribution in [0.4, 0.5) is 0 Å². The van der Waals surface area contributed by atoms with Crippen LogP contribution in [0.2, 0.25) is 0 Å². The van der Waals surface area contributed by atoms with Gasteiger partial charge in [0.25, 0.3) is 0 Å². The molecule has 1 saturated heterocycles. The summed E-state index contributed by atoms with van der Waals surface area (Å²) in [6.45, 7) is 2.20. The summed E-state index contributed by atoms with van der Waals surface area (Å²) in [5.74, 6) is -1.45. The molecular weight excluding hydrogens is 358 g/mol. The second-order valence-electron chi connectivity index (χ2n) is 6.79. The van der Waals surface area contributed by atoms with E-state index in [2.05, 4.69) is 6.92 Å². The Morgan fingerprint density at radius 1 is 1.31 bits per heavy atom. The van der Waals surface area contributed by atoms with E-state index in [9.17, 15) is 23.1 Å². The number of aliphatic carboxylic acids is 1. The van der Waals surface area contributed by atoms with Gasteiger partial charge in [-0.2, -0.15) is 0 Å². The van der Waals surface area contributed by atoms with Gasteiger partial charge in [-0.1, -0.05) is 38.3 Å². The Balaban J connectivity index is 2.50. The normalized spacial score (nSPS) is 19.4. The first kappa shape index (κ1) is 22.6. The third-order valence-corrected chi connectivity index (χ3v) is 6.24. The first-order chi connectivity index (χ1) is 12.2. The minimum Gasteiger partial charge on any atom is -0.481 e. The summed E-state index contributed by atoms with van der Waals surface area (Å²) < 4.78 is 24.0. The number of hydrogen-bond acceptors (Lipinski definition) is 5. The average Bonchev–Trinajstić information content (AvgIpc) is 2.91. The van der Waals surface area contributed by atoms with Gasteiger partial charge in [0.05, 0.1) is 23.7 Å². The van der Waals surface area contributed by atoms with Gasteiger partial charge in [0.1, 0.15) is 0 Å². The van der Waals surface area contributed by atoms with Crippen LogP contribution in [-0.2, 0) is 19.4 Å². The van der Waals surface area contributed by atoms with Crippen LogP contribution in [0.5, 0.6) is 0 Å². The van der Waals surface area contributed by atoms with Crippen molar-refractivity contribution in [2.75, 3.05) is 18.1 Å². The first-order valence-corrected chi connectivity index (χ1v) is 11.2. The predicted octanol–water partition coefficient (Wildman–Crippen LogP) is 1.75. The molecule has 1 aliphatic rings. The zero-order valence-corrected chi connectivity index (χ0v) is 16.3. The molecular formula is C18H31NO6S. The zero-order valence-electron chi connectivity index (χ0n) is 15.5. The molecule has 2 atom stereocenters. The third kappa shape index (κ3) is 8.80. The molecule has 8 heteroatoms. The summed E-state index contributed by atoms with van der Waals surface area (Å²) in [6, 6.07) is -0.183. The molecule has 0 aromatic carbocycles. The van der Waals surface area contributed by atoms with Crippen LogP contribution >= 0.6 is 0 Å². The zero-order chi connectivity index (χ0) is 19.6. The molecule has 7 nitrogen and oxygen atoms in total. The monoisotopic (exact) mass is 389 g/mol. The number of hydrogen-bond donors (Lipinski definition) is 2. The Bertz CT molecular complexity index is 586. The summed E-state index contributed by atoms with van der Waals surface area (Å²) in [7, 11) is -3.39. The minimum absolute atomic E-state index is 0.0822. The maximum atomic E-state index is 12.0. The SMILES string of the molecule is CCCCC[C@H](O)/C=C/[C@H]1CCC(=O)N1CCS(=O)(=O)CCCC(=O)O. The maximum absolute atomic E-state index is 12.0. The molecule has 0 aromatic heterocycles. The van der Waals surface area contributed by atoms with Gasteiger partial charge >= 0.3 is 5.97 Å². The van der Waals surface area contributed by atoms with Crippen LogP contribution in [0.1, 0.15) is 58.3 Å². The fourth-order valence-corrected chi connectivity index (χ4v) is 4.25. The van der Waals surface area contributed by atoms with Gasteiger partial charge in [-0.25, -0.2) is 8.42 Å². The number of likely N-dealkylation sites (tertiary alicyclic amines) is 1. The van der Waals surface area contributed by atoms with Crippen LogP contribution in [-0.4, -0.2) is 65.6 Å². The van der Waals surface area contributed by atoms with Gasteiger partial charge in [-0.15, -0.1) is 0 Å². The molecule has 26 heavy (non-hydrogen) atoms. The van der Waals surface area contributed by atoms with Crippen molar-refractivity contribution in [3.63, 3.8) is 0 Å². The number of carbonyl (C=O) groups is 2. The Morgan fingerprint density at radius 2 is 2.04 bits per heavy atom. The molecule has 0 aromatic rings. The summed E-state index contributed by atoms with van der Waals surface area (Å²) >= 11 is 0. The number of nitrogens with zero attached hydrogens (tertiary/aromatic N) is 1. The lowest BCUT2D eigenvalue weighted by molar-refractivity contribution is -0.137. The Kier molecular flexibility index (Phi) is 9.87. The molecule has 1 heterocycles. The van der Waals surface area contributed by atoms with Crippen molar-refractivity contribution in [2.45, 2.75) is 70.4 Å². The standard InChI is InChI=1S/C18H31NO6S/c1-2-3-4-6-16(20)10-8-15-9-11-17(21)19(15)12-14-26(24,25)13-5-7-18(22)23/h8,10,15-16,20H,2-7,9,11-14H2,1H3,(H,22,23)/b10-8+/t15-,16-/m0/s1. The molecule has 1 fully saturated rings. The third-order valence-electron chi connectivity index (χ3n) is 4.52. The van der Waals surface area contributed by atoms with E-state index in [1.165, 1.54) is 0 Å². The van der Waals surface area contributed by atoms with E-state index in [0.29, 0.717) is 19.3 Å². The highest BCUT2D eigenvalue weighted by atomic mass is 32.2. The predicted molar refractivity (Wildman–Crippen MR) is 99.5 cm³/mol. The average molecular weight is 390 g/mol. The number of sulfone groups is 1. The molecule has 0 bridgehead atoms. The van der Waals surface area contributed by atoms with Crippen LogP contribution in [0.15, 0.2) is 12.2 Å². The molecule has 1 aliphatic heterocycles. The van der Waals surface area contributed by atoms with E-state index in [1.54, 1.807) is 17.1 Å². The molecule has 0 saturated carbocycles. The van der Waals surface area contributed by atoms with Crippen molar-refractivity contribution in [3.05, 3.63) is 12.2 Å². The Morgan fingerprint density at radius 3 is 2.69 bits per heavy atom. The van der Waals surface area contributed by atoms with Gasteiger partial charge in [-0.05, 0) is 19.3 Å². The number of unbranched alkanes of at least 4 members (excludes halogenated alkanes) is 2. The van der Waals surface area contributed by atoms with E-state index in [4.69, 9.17) is 5.11 Å². The summed E-state index contributed by atoms with van der Waals surface area (Å²) in [5, 5.41) is 18.5. The number of carboxylic acids is 1. The number of amides is 1. The van der Waals surface area contributed by atoms with Crippen LogP contribution < -0.4 is 0 Å². The van der Waals surface area contributed by atoms with Crippen molar-refractivity contribution in [1.82, 2.24) is 4.90 Å². The van der Waals surface area contributed by atoms with Crippen molar-refractivity contribution in [2.24, 2.45) is 0 Å². The van der Waals surface area contributed by atoms with Crippen molar-refractivity contribution >= 4 is 21.7 Å². The second-order valence-corrected chi connectivity index (χ2v) is 9.09. The van der Waals surface area contributed by atoms with E-state index < -0.39 is 21.9 Å². The quantitative estimate of drug-likeness (QED) is 0.367. The fraction of sp³-hybridized carbons (Fsp3) is 0.778. The molecule has 0 spiro atoms. The number of carbonyl (C=O) groups excluding carboxylic acids is 1. The maximum Gasteiger partial charge on any atom is 0.303 e. The van der Waals surface area contributed by atoms with Gasteiger partial charge in [-0.3, -0.25) is 9.59 Å². The smallest absolute Gasteiger partial charge is 0.303 e. The van der Waals surface area contributed by atoms with E-state index in [1.807, 2.05) is 0 Å². The summed E-state index contributed by atoms with van der Waals surface area (Å²) in [6.07, 6.45) is 7.65. The largest absolute Gasteiger partial charge is 0.481 e. The summed E-state index contributed by atoms with van der Waals surface area (Å²) in [4.78, 5) is 24.0.